The van der Waals surface area contributed by atoms with E-state index in [1.807, 2.05) is 44.2 Å². The fourth-order valence-electron chi connectivity index (χ4n) is 2.60. The van der Waals surface area contributed by atoms with Crippen molar-refractivity contribution >= 4 is 29.1 Å². The minimum atomic E-state index is -0.273. The monoisotopic (exact) mass is 374 g/mol. The van der Waals surface area contributed by atoms with E-state index in [9.17, 15) is 9.59 Å². The number of likely N-dealkylation sites (N-methyl/N-ethyl adjacent to an activating group) is 1. The Kier molecular flexibility index (Phi) is 7.63. The van der Waals surface area contributed by atoms with Crippen LogP contribution in [-0.2, 0) is 16.1 Å². The summed E-state index contributed by atoms with van der Waals surface area (Å²) in [7, 11) is 0. The summed E-state index contributed by atoms with van der Waals surface area (Å²) in [6.07, 6.45) is 0. The van der Waals surface area contributed by atoms with E-state index in [0.29, 0.717) is 17.3 Å². The highest BCUT2D eigenvalue weighted by molar-refractivity contribution is 6.31. The molecule has 2 amide bonds. The van der Waals surface area contributed by atoms with Gasteiger partial charge in [0.25, 0.3) is 5.91 Å². The number of rotatable bonds is 8. The zero-order valence-electron chi connectivity index (χ0n) is 15.1. The average molecular weight is 375 g/mol. The normalized spacial score (nSPS) is 11.7. The Balaban J connectivity index is 1.79. The maximum atomic E-state index is 12.1. The van der Waals surface area contributed by atoms with Gasteiger partial charge in [-0.15, -0.1) is 0 Å². The molecule has 0 aliphatic heterocycles. The van der Waals surface area contributed by atoms with Gasteiger partial charge in [0.05, 0.1) is 13.1 Å². The molecule has 2 aromatic carbocycles. The second-order valence-corrected chi connectivity index (χ2v) is 6.59. The van der Waals surface area contributed by atoms with Gasteiger partial charge in [0.2, 0.25) is 5.91 Å². The Morgan fingerprint density at radius 2 is 1.77 bits per heavy atom. The van der Waals surface area contributed by atoms with Crippen LogP contribution in [0.5, 0.6) is 0 Å². The highest BCUT2D eigenvalue weighted by Gasteiger charge is 2.14. The van der Waals surface area contributed by atoms with Gasteiger partial charge in [-0.25, -0.2) is 0 Å². The summed E-state index contributed by atoms with van der Waals surface area (Å²) >= 11 is 6.04. The van der Waals surface area contributed by atoms with E-state index in [1.54, 1.807) is 18.2 Å². The number of carbonyl (C=O) groups excluding carboxylic acids is 2. The number of anilines is 1. The SMILES string of the molecule is CC[NH+](CC(=O)NCC(=O)Nc1cccc(Cl)c1C)Cc1ccccc1. The van der Waals surface area contributed by atoms with Crippen LogP contribution in [-0.4, -0.2) is 31.4 Å². The fourth-order valence-corrected chi connectivity index (χ4v) is 2.78. The number of halogens is 1. The van der Waals surface area contributed by atoms with Crippen LogP contribution in [0, 0.1) is 6.92 Å². The van der Waals surface area contributed by atoms with Crippen LogP contribution < -0.4 is 15.5 Å². The van der Waals surface area contributed by atoms with E-state index in [1.165, 1.54) is 5.56 Å². The molecule has 0 radical (unpaired) electrons. The molecule has 0 aromatic heterocycles. The average Bonchev–Trinajstić information content (AvgIpc) is 2.64. The smallest absolute Gasteiger partial charge is 0.275 e. The van der Waals surface area contributed by atoms with Crippen molar-refractivity contribution in [3.63, 3.8) is 0 Å². The van der Waals surface area contributed by atoms with Gasteiger partial charge in [0.15, 0.2) is 6.54 Å². The van der Waals surface area contributed by atoms with E-state index in [0.717, 1.165) is 23.6 Å². The Labute approximate surface area is 159 Å². The minimum Gasteiger partial charge on any atom is -0.342 e. The van der Waals surface area contributed by atoms with Crippen molar-refractivity contribution < 1.29 is 14.5 Å². The first-order chi connectivity index (χ1) is 12.5. The highest BCUT2D eigenvalue weighted by Crippen LogP contribution is 2.22. The van der Waals surface area contributed by atoms with E-state index < -0.39 is 0 Å². The molecule has 0 saturated carbocycles. The molecule has 6 heteroatoms. The number of carbonyl (C=O) groups is 2. The molecule has 0 bridgehead atoms. The van der Waals surface area contributed by atoms with Crippen molar-refractivity contribution in [2.24, 2.45) is 0 Å². The van der Waals surface area contributed by atoms with Crippen molar-refractivity contribution in [1.82, 2.24) is 5.32 Å². The minimum absolute atomic E-state index is 0.0624. The number of quaternary nitrogens is 1. The van der Waals surface area contributed by atoms with Crippen LogP contribution in [0.3, 0.4) is 0 Å². The van der Waals surface area contributed by atoms with Gasteiger partial charge in [-0.05, 0) is 31.5 Å². The summed E-state index contributed by atoms with van der Waals surface area (Å²) in [4.78, 5) is 25.3. The molecule has 138 valence electrons. The molecule has 0 aliphatic rings. The van der Waals surface area contributed by atoms with Crippen LogP contribution >= 0.6 is 11.6 Å². The first-order valence-electron chi connectivity index (χ1n) is 8.68. The molecular weight excluding hydrogens is 350 g/mol. The van der Waals surface area contributed by atoms with Gasteiger partial charge >= 0.3 is 0 Å². The van der Waals surface area contributed by atoms with Crippen molar-refractivity contribution in [2.75, 3.05) is 25.0 Å². The predicted molar refractivity (Wildman–Crippen MR) is 104 cm³/mol. The number of amides is 2. The van der Waals surface area contributed by atoms with Gasteiger partial charge in [0.1, 0.15) is 6.54 Å². The Hall–Kier alpha value is -2.37. The molecule has 1 atom stereocenters. The van der Waals surface area contributed by atoms with Crippen LogP contribution in [0.4, 0.5) is 5.69 Å². The summed E-state index contributed by atoms with van der Waals surface area (Å²) in [6, 6.07) is 15.4. The first kappa shape index (κ1) is 19.9. The molecular formula is C20H25ClN3O2+. The first-order valence-corrected chi connectivity index (χ1v) is 9.06. The molecule has 0 fully saturated rings. The third kappa shape index (κ3) is 6.17. The third-order valence-corrected chi connectivity index (χ3v) is 4.60. The number of nitrogens with one attached hydrogen (secondary N) is 3. The van der Waals surface area contributed by atoms with E-state index in [4.69, 9.17) is 11.6 Å². The van der Waals surface area contributed by atoms with Crippen LogP contribution in [0.25, 0.3) is 0 Å². The standard InChI is InChI=1S/C20H24ClN3O2/c1-3-24(13-16-8-5-4-6-9-16)14-20(26)22-12-19(25)23-18-11-7-10-17(21)15(18)2/h4-11H,3,12-14H2,1-2H3,(H,22,26)(H,23,25)/p+1. The van der Waals surface area contributed by atoms with Gasteiger partial charge in [-0.3, -0.25) is 9.59 Å². The number of hydrogen-bond acceptors (Lipinski definition) is 2. The topological polar surface area (TPSA) is 62.6 Å². The van der Waals surface area contributed by atoms with Gasteiger partial charge in [-0.2, -0.15) is 0 Å². The highest BCUT2D eigenvalue weighted by atomic mass is 35.5. The summed E-state index contributed by atoms with van der Waals surface area (Å²) < 4.78 is 0. The molecule has 26 heavy (non-hydrogen) atoms. The van der Waals surface area contributed by atoms with Gasteiger partial charge in [0, 0.05) is 16.3 Å². The van der Waals surface area contributed by atoms with Crippen molar-refractivity contribution in [3.8, 4) is 0 Å². The lowest BCUT2D eigenvalue weighted by molar-refractivity contribution is -0.904. The summed E-state index contributed by atoms with van der Waals surface area (Å²) in [5.74, 6) is -0.416. The molecule has 0 spiro atoms. The van der Waals surface area contributed by atoms with E-state index in [-0.39, 0.29) is 18.4 Å². The molecule has 5 nitrogen and oxygen atoms in total. The Bertz CT molecular complexity index is 750. The second-order valence-electron chi connectivity index (χ2n) is 6.18. The quantitative estimate of drug-likeness (QED) is 0.660. The predicted octanol–water partition coefficient (Wildman–Crippen LogP) is 1.81. The number of hydrogen-bond donors (Lipinski definition) is 3. The van der Waals surface area contributed by atoms with Crippen LogP contribution in [0.15, 0.2) is 48.5 Å². The zero-order chi connectivity index (χ0) is 18.9. The van der Waals surface area contributed by atoms with Crippen molar-refractivity contribution in [1.29, 1.82) is 0 Å². The number of benzene rings is 2. The molecule has 1 unspecified atom stereocenters. The molecule has 0 saturated heterocycles. The maximum absolute atomic E-state index is 12.1. The summed E-state index contributed by atoms with van der Waals surface area (Å²) in [5, 5.41) is 6.04. The molecule has 3 N–H and O–H groups in total. The Morgan fingerprint density at radius 3 is 2.46 bits per heavy atom. The summed E-state index contributed by atoms with van der Waals surface area (Å²) in [6.45, 7) is 5.75. The second kappa shape index (κ2) is 9.94. The van der Waals surface area contributed by atoms with Crippen molar-refractivity contribution in [3.05, 3.63) is 64.7 Å². The third-order valence-electron chi connectivity index (χ3n) is 4.20. The lowest BCUT2D eigenvalue weighted by atomic mass is 10.2. The van der Waals surface area contributed by atoms with Crippen molar-refractivity contribution in [2.45, 2.75) is 20.4 Å². The van der Waals surface area contributed by atoms with Crippen LogP contribution in [0.2, 0.25) is 5.02 Å². The zero-order valence-corrected chi connectivity index (χ0v) is 15.9. The van der Waals surface area contributed by atoms with Gasteiger partial charge < -0.3 is 15.5 Å². The van der Waals surface area contributed by atoms with E-state index >= 15 is 0 Å². The lowest BCUT2D eigenvalue weighted by Crippen LogP contribution is -3.11. The molecule has 2 aromatic rings. The molecule has 0 heterocycles. The molecule has 2 rings (SSSR count). The Morgan fingerprint density at radius 1 is 1.04 bits per heavy atom. The summed E-state index contributed by atoms with van der Waals surface area (Å²) in [5.41, 5.74) is 2.64. The van der Waals surface area contributed by atoms with E-state index in [2.05, 4.69) is 10.6 Å². The van der Waals surface area contributed by atoms with Gasteiger partial charge in [-0.1, -0.05) is 48.0 Å². The largest absolute Gasteiger partial charge is 0.342 e. The maximum Gasteiger partial charge on any atom is 0.275 e. The van der Waals surface area contributed by atoms with Crippen LogP contribution in [0.1, 0.15) is 18.1 Å². The fraction of sp³-hybridized carbons (Fsp3) is 0.300. The lowest BCUT2D eigenvalue weighted by Gasteiger charge is -2.17. The molecule has 0 aliphatic carbocycles.